The normalized spacial score (nSPS) is 12.8. The Morgan fingerprint density at radius 2 is 1.87 bits per heavy atom. The molecule has 0 saturated heterocycles. The van der Waals surface area contributed by atoms with E-state index < -0.39 is 0 Å². The largest absolute Gasteiger partial charge is 0.307 e. The Morgan fingerprint density at radius 1 is 1.07 bits per heavy atom. The van der Waals surface area contributed by atoms with Gasteiger partial charge in [0.05, 0.1) is 10.6 Å². The topological polar surface area (TPSA) is 33.2 Å². The number of carbonyl (C=O) groups excluding carboxylic acids is 1. The number of nitrogens with zero attached hydrogens (tertiary/aromatic N) is 2. The fourth-order valence-corrected chi connectivity index (χ4v) is 5.09. The van der Waals surface area contributed by atoms with Crippen molar-refractivity contribution in [3.8, 4) is 21.0 Å². The monoisotopic (exact) mass is 414 g/mol. The lowest BCUT2D eigenvalue weighted by Crippen LogP contribution is -2.32. The lowest BCUT2D eigenvalue weighted by atomic mass is 10.1. The van der Waals surface area contributed by atoms with Crippen LogP contribution in [0.2, 0.25) is 0 Å². The standard InChI is InChI=1S/C25H19FN2OS/c1-16-8-10-17(11-9-16)25(29)28-14-12-18-15-22(23-20(26)6-4-13-27-23)30-24(18)19-5-2-3-7-21(19)28/h2-11,13,15H,12,14H2,1H3. The number of pyridine rings is 1. The Hall–Kier alpha value is -3.31. The van der Waals surface area contributed by atoms with Crippen LogP contribution < -0.4 is 4.90 Å². The average molecular weight is 415 g/mol. The van der Waals surface area contributed by atoms with Crippen molar-refractivity contribution < 1.29 is 9.18 Å². The quantitative estimate of drug-likeness (QED) is 0.395. The van der Waals surface area contributed by atoms with Gasteiger partial charge in [0, 0.05) is 28.7 Å². The van der Waals surface area contributed by atoms with Crippen molar-refractivity contribution in [2.75, 3.05) is 11.4 Å². The van der Waals surface area contributed by atoms with E-state index in [2.05, 4.69) is 4.98 Å². The molecule has 0 bridgehead atoms. The third-order valence-electron chi connectivity index (χ3n) is 5.39. The van der Waals surface area contributed by atoms with Crippen LogP contribution in [0.3, 0.4) is 0 Å². The summed E-state index contributed by atoms with van der Waals surface area (Å²) in [5.74, 6) is -0.327. The van der Waals surface area contributed by atoms with E-state index in [1.807, 2.05) is 66.4 Å². The van der Waals surface area contributed by atoms with Gasteiger partial charge < -0.3 is 4.90 Å². The van der Waals surface area contributed by atoms with Gasteiger partial charge in [-0.2, -0.15) is 0 Å². The molecule has 0 spiro atoms. The molecule has 4 aromatic rings. The van der Waals surface area contributed by atoms with E-state index >= 15 is 0 Å². The van der Waals surface area contributed by atoms with E-state index in [0.29, 0.717) is 24.2 Å². The van der Waals surface area contributed by atoms with Crippen LogP contribution >= 0.6 is 11.3 Å². The molecule has 0 aliphatic carbocycles. The Morgan fingerprint density at radius 3 is 2.67 bits per heavy atom. The van der Waals surface area contributed by atoms with Gasteiger partial charge in [-0.3, -0.25) is 9.78 Å². The fourth-order valence-electron chi connectivity index (χ4n) is 3.84. The first kappa shape index (κ1) is 18.7. The number of aryl methyl sites for hydroxylation is 1. The summed E-state index contributed by atoms with van der Waals surface area (Å²) in [6.45, 7) is 2.58. The summed E-state index contributed by atoms with van der Waals surface area (Å²) in [6, 6.07) is 20.7. The number of halogens is 1. The maximum atomic E-state index is 14.3. The average Bonchev–Trinajstić information content (AvgIpc) is 3.12. The minimum Gasteiger partial charge on any atom is -0.307 e. The molecule has 0 saturated carbocycles. The van der Waals surface area contributed by atoms with Crippen LogP contribution in [0.4, 0.5) is 10.1 Å². The van der Waals surface area contributed by atoms with Gasteiger partial charge in [-0.25, -0.2) is 4.39 Å². The molecule has 5 rings (SSSR count). The molecule has 3 nitrogen and oxygen atoms in total. The highest BCUT2D eigenvalue weighted by molar-refractivity contribution is 7.19. The predicted octanol–water partition coefficient (Wildman–Crippen LogP) is 6.13. The lowest BCUT2D eigenvalue weighted by Gasteiger charge is -2.23. The lowest BCUT2D eigenvalue weighted by molar-refractivity contribution is 0.0987. The van der Waals surface area contributed by atoms with Crippen molar-refractivity contribution in [1.82, 2.24) is 4.98 Å². The zero-order valence-electron chi connectivity index (χ0n) is 16.4. The summed E-state index contributed by atoms with van der Waals surface area (Å²) in [4.78, 5) is 21.3. The molecule has 5 heteroatoms. The van der Waals surface area contributed by atoms with E-state index in [0.717, 1.165) is 32.1 Å². The molecule has 1 aliphatic heterocycles. The molecule has 0 radical (unpaired) electrons. The molecule has 0 N–H and O–H groups in total. The summed E-state index contributed by atoms with van der Waals surface area (Å²) in [7, 11) is 0. The number of rotatable bonds is 2. The third-order valence-corrected chi connectivity index (χ3v) is 6.61. The van der Waals surface area contributed by atoms with Crippen molar-refractivity contribution in [3.05, 3.63) is 95.4 Å². The summed E-state index contributed by atoms with van der Waals surface area (Å²) in [5, 5.41) is 0. The van der Waals surface area contributed by atoms with E-state index in [4.69, 9.17) is 0 Å². The number of anilines is 1. The van der Waals surface area contributed by atoms with E-state index in [9.17, 15) is 9.18 Å². The Labute approximate surface area is 178 Å². The summed E-state index contributed by atoms with van der Waals surface area (Å²) in [5.41, 5.74) is 5.18. The van der Waals surface area contributed by atoms with E-state index in [1.54, 1.807) is 12.3 Å². The van der Waals surface area contributed by atoms with Gasteiger partial charge in [-0.15, -0.1) is 11.3 Å². The van der Waals surface area contributed by atoms with Crippen LogP contribution in [-0.4, -0.2) is 17.4 Å². The van der Waals surface area contributed by atoms with Crippen LogP contribution in [0.5, 0.6) is 0 Å². The number of benzene rings is 2. The van der Waals surface area contributed by atoms with Crippen molar-refractivity contribution >= 4 is 22.9 Å². The van der Waals surface area contributed by atoms with Crippen LogP contribution in [0, 0.1) is 12.7 Å². The fraction of sp³-hybridized carbons (Fsp3) is 0.120. The third kappa shape index (κ3) is 3.21. The minimum absolute atomic E-state index is 0.00593. The summed E-state index contributed by atoms with van der Waals surface area (Å²) in [6.07, 6.45) is 2.31. The molecular weight excluding hydrogens is 395 g/mol. The molecule has 148 valence electrons. The predicted molar refractivity (Wildman–Crippen MR) is 120 cm³/mol. The first-order valence-electron chi connectivity index (χ1n) is 9.83. The molecule has 0 atom stereocenters. The SMILES string of the molecule is Cc1ccc(C(=O)N2CCc3cc(-c4ncccc4F)sc3-c3ccccc32)cc1. The Kier molecular flexibility index (Phi) is 4.68. The summed E-state index contributed by atoms with van der Waals surface area (Å²) >= 11 is 1.53. The van der Waals surface area contributed by atoms with Crippen LogP contribution in [0.1, 0.15) is 21.5 Å². The number of amides is 1. The number of para-hydroxylation sites is 1. The maximum absolute atomic E-state index is 14.3. The molecule has 2 aromatic heterocycles. The van der Waals surface area contributed by atoms with E-state index in [1.165, 1.54) is 17.4 Å². The van der Waals surface area contributed by atoms with Gasteiger partial charge in [-0.1, -0.05) is 35.9 Å². The van der Waals surface area contributed by atoms with Crippen LogP contribution in [0.25, 0.3) is 21.0 Å². The molecule has 3 heterocycles. The zero-order chi connectivity index (χ0) is 20.7. The molecule has 1 aliphatic rings. The van der Waals surface area contributed by atoms with Crippen molar-refractivity contribution in [3.63, 3.8) is 0 Å². The van der Waals surface area contributed by atoms with Gasteiger partial charge in [0.15, 0.2) is 0 Å². The molecule has 1 amide bonds. The first-order chi connectivity index (χ1) is 14.6. The second kappa shape index (κ2) is 7.50. The molecule has 30 heavy (non-hydrogen) atoms. The highest BCUT2D eigenvalue weighted by Gasteiger charge is 2.27. The van der Waals surface area contributed by atoms with Crippen molar-refractivity contribution in [2.24, 2.45) is 0 Å². The van der Waals surface area contributed by atoms with Crippen LogP contribution in [0.15, 0.2) is 72.9 Å². The first-order valence-corrected chi connectivity index (χ1v) is 10.6. The van der Waals surface area contributed by atoms with Crippen molar-refractivity contribution in [2.45, 2.75) is 13.3 Å². The highest BCUT2D eigenvalue weighted by atomic mass is 32.1. The Bertz CT molecular complexity index is 1250. The number of carbonyl (C=O) groups is 1. The smallest absolute Gasteiger partial charge is 0.258 e. The number of aromatic nitrogens is 1. The van der Waals surface area contributed by atoms with Gasteiger partial charge in [0.1, 0.15) is 11.5 Å². The molecular formula is C25H19FN2OS. The number of fused-ring (bicyclic) bond motifs is 3. The van der Waals surface area contributed by atoms with Gasteiger partial charge in [0.25, 0.3) is 5.91 Å². The van der Waals surface area contributed by atoms with Crippen molar-refractivity contribution in [1.29, 1.82) is 0 Å². The van der Waals surface area contributed by atoms with Gasteiger partial charge in [0.2, 0.25) is 0 Å². The molecule has 2 aromatic carbocycles. The number of hydrogen-bond donors (Lipinski definition) is 0. The second-order valence-corrected chi connectivity index (χ2v) is 8.44. The zero-order valence-corrected chi connectivity index (χ0v) is 17.2. The maximum Gasteiger partial charge on any atom is 0.258 e. The number of thiophene rings is 1. The number of hydrogen-bond acceptors (Lipinski definition) is 3. The van der Waals surface area contributed by atoms with Gasteiger partial charge >= 0.3 is 0 Å². The van der Waals surface area contributed by atoms with Crippen LogP contribution in [-0.2, 0) is 6.42 Å². The molecule has 0 unspecified atom stereocenters. The summed E-state index contributed by atoms with van der Waals surface area (Å²) < 4.78 is 14.3. The highest BCUT2D eigenvalue weighted by Crippen LogP contribution is 2.44. The molecule has 0 fully saturated rings. The second-order valence-electron chi connectivity index (χ2n) is 7.39. The Balaban J connectivity index is 1.59. The minimum atomic E-state index is -0.321. The van der Waals surface area contributed by atoms with Gasteiger partial charge in [-0.05, 0) is 55.3 Å². The van der Waals surface area contributed by atoms with E-state index in [-0.39, 0.29) is 11.7 Å².